The van der Waals surface area contributed by atoms with Crippen LogP contribution in [-0.4, -0.2) is 17.9 Å². The Morgan fingerprint density at radius 3 is 2.67 bits per heavy atom. The summed E-state index contributed by atoms with van der Waals surface area (Å²) in [6.45, 7) is 5.32. The maximum atomic E-state index is 11.0. The van der Waals surface area contributed by atoms with Crippen LogP contribution in [0.15, 0.2) is 12.7 Å². The Labute approximate surface area is 58.6 Å². The second-order valence-electron chi connectivity index (χ2n) is 2.04. The van der Waals surface area contributed by atoms with E-state index in [1.165, 1.54) is 6.08 Å². The molecule has 0 aliphatic heterocycles. The number of rotatable bonds is 4. The first-order valence-electron chi connectivity index (χ1n) is 3.04. The van der Waals surface area contributed by atoms with E-state index in [-0.39, 0.29) is 0 Å². The molecule has 1 atom stereocenters. The monoisotopic (exact) mass is 192 g/mol. The fraction of sp³-hybridized carbons (Fsp3) is 0.667. The molecule has 0 aliphatic rings. The molecule has 2 nitrogen and oxygen atoms in total. The van der Waals surface area contributed by atoms with Gasteiger partial charge in [0.2, 0.25) is 0 Å². The van der Waals surface area contributed by atoms with Crippen molar-refractivity contribution < 1.29 is 7.84 Å². The molecule has 3 heteroatoms. The molecule has 0 aromatic rings. The van der Waals surface area contributed by atoms with E-state index in [2.05, 4.69) is 6.58 Å². The summed E-state index contributed by atoms with van der Waals surface area (Å²) in [6.07, 6.45) is 2.32. The standard InChI is InChI=1S/C6H13AsO2/c1-3-5-7(8,9)6-4-2/h3H,1,4-6H2,2H3,(H,8,9). The Morgan fingerprint density at radius 2 is 2.33 bits per heavy atom. The molecule has 0 saturated heterocycles. The summed E-state index contributed by atoms with van der Waals surface area (Å²) in [5.41, 5.74) is 0. The van der Waals surface area contributed by atoms with Gasteiger partial charge in [0, 0.05) is 0 Å². The van der Waals surface area contributed by atoms with Gasteiger partial charge in [-0.3, -0.25) is 0 Å². The molecular weight excluding hydrogens is 179 g/mol. The summed E-state index contributed by atoms with van der Waals surface area (Å²) in [6, 6.07) is 0. The first-order chi connectivity index (χ1) is 4.12. The third kappa shape index (κ3) is 4.55. The van der Waals surface area contributed by atoms with Gasteiger partial charge in [-0.15, -0.1) is 0 Å². The van der Waals surface area contributed by atoms with Gasteiger partial charge in [0.05, 0.1) is 0 Å². The molecule has 0 saturated carbocycles. The summed E-state index contributed by atoms with van der Waals surface area (Å²) in [7, 11) is 0. The summed E-state index contributed by atoms with van der Waals surface area (Å²) in [5, 5.41) is 0.788. The van der Waals surface area contributed by atoms with Crippen molar-refractivity contribution in [3.8, 4) is 0 Å². The van der Waals surface area contributed by atoms with Crippen LogP contribution in [0.4, 0.5) is 0 Å². The molecule has 0 spiro atoms. The second kappa shape index (κ2) is 3.97. The number of allylic oxidation sites excluding steroid dienone is 1. The Kier molecular flexibility index (Phi) is 3.99. The van der Waals surface area contributed by atoms with Crippen molar-refractivity contribution in [1.29, 1.82) is 0 Å². The molecule has 0 bridgehead atoms. The molecule has 54 valence electrons. The van der Waals surface area contributed by atoms with Gasteiger partial charge in [-0.05, 0) is 0 Å². The van der Waals surface area contributed by atoms with Gasteiger partial charge < -0.3 is 0 Å². The Hall–Kier alpha value is 0.0584. The molecule has 9 heavy (non-hydrogen) atoms. The van der Waals surface area contributed by atoms with Crippen LogP contribution in [0.3, 0.4) is 0 Å². The van der Waals surface area contributed by atoms with Crippen LogP contribution in [-0.2, 0) is 3.74 Å². The summed E-state index contributed by atoms with van der Waals surface area (Å²) in [5.74, 6) is 0. The van der Waals surface area contributed by atoms with Crippen LogP contribution in [0.25, 0.3) is 0 Å². The van der Waals surface area contributed by atoms with E-state index in [9.17, 15) is 3.74 Å². The fourth-order valence-electron chi connectivity index (χ4n) is 0.642. The van der Waals surface area contributed by atoms with Gasteiger partial charge in [0.1, 0.15) is 0 Å². The average molecular weight is 192 g/mol. The van der Waals surface area contributed by atoms with Crippen LogP contribution in [0, 0.1) is 0 Å². The van der Waals surface area contributed by atoms with Crippen molar-refractivity contribution in [3.63, 3.8) is 0 Å². The van der Waals surface area contributed by atoms with E-state index >= 15 is 0 Å². The van der Waals surface area contributed by atoms with Crippen molar-refractivity contribution >= 4 is 13.8 Å². The first kappa shape index (κ1) is 9.06. The van der Waals surface area contributed by atoms with Gasteiger partial charge in [0.15, 0.2) is 0 Å². The van der Waals surface area contributed by atoms with Crippen LogP contribution in [0.1, 0.15) is 13.3 Å². The van der Waals surface area contributed by atoms with Gasteiger partial charge >= 0.3 is 58.1 Å². The molecule has 0 heterocycles. The zero-order chi connectivity index (χ0) is 7.33. The van der Waals surface area contributed by atoms with Crippen molar-refractivity contribution in [3.05, 3.63) is 12.7 Å². The second-order valence-corrected chi connectivity index (χ2v) is 7.30. The normalized spacial score (nSPS) is 16.7. The number of hydrogen-bond acceptors (Lipinski definition) is 1. The van der Waals surface area contributed by atoms with Crippen molar-refractivity contribution in [2.75, 3.05) is 0 Å². The van der Waals surface area contributed by atoms with E-state index in [0.717, 1.165) is 6.42 Å². The molecule has 0 radical (unpaired) electrons. The third-order valence-corrected chi connectivity index (χ3v) is 5.13. The summed E-state index contributed by atoms with van der Waals surface area (Å²) >= 11 is -3.38. The molecule has 1 unspecified atom stereocenters. The van der Waals surface area contributed by atoms with E-state index in [0.29, 0.717) is 10.4 Å². The van der Waals surface area contributed by atoms with Gasteiger partial charge in [-0.1, -0.05) is 0 Å². The van der Waals surface area contributed by atoms with E-state index < -0.39 is 13.8 Å². The van der Waals surface area contributed by atoms with Gasteiger partial charge in [0.25, 0.3) is 0 Å². The SMILES string of the molecule is C=CC[As](=O)(O)CCC. The quantitative estimate of drug-likeness (QED) is 0.540. The Balaban J connectivity index is 3.71. The molecule has 0 fully saturated rings. The molecule has 0 aromatic carbocycles. The predicted molar refractivity (Wildman–Crippen MR) is 38.8 cm³/mol. The molecule has 1 N–H and O–H groups in total. The molecule has 0 amide bonds. The minimum atomic E-state index is -3.38. The maximum absolute atomic E-state index is 11.0. The van der Waals surface area contributed by atoms with Gasteiger partial charge in [-0.2, -0.15) is 0 Å². The zero-order valence-corrected chi connectivity index (χ0v) is 7.59. The molecular formula is C6H13AsO2. The molecule has 0 rings (SSSR count). The average Bonchev–Trinajstić information content (AvgIpc) is 1.64. The first-order valence-corrected chi connectivity index (χ1v) is 7.30. The van der Waals surface area contributed by atoms with Crippen LogP contribution < -0.4 is 0 Å². The summed E-state index contributed by atoms with van der Waals surface area (Å²) in [4.78, 5) is 0. The zero-order valence-electron chi connectivity index (χ0n) is 5.71. The van der Waals surface area contributed by atoms with Crippen LogP contribution >= 0.6 is 0 Å². The van der Waals surface area contributed by atoms with E-state index in [1.54, 1.807) is 0 Å². The van der Waals surface area contributed by atoms with E-state index in [1.807, 2.05) is 6.92 Å². The third-order valence-electron chi connectivity index (χ3n) is 0.987. The predicted octanol–water partition coefficient (Wildman–Crippen LogP) is 1.45. The van der Waals surface area contributed by atoms with Gasteiger partial charge in [-0.25, -0.2) is 0 Å². The van der Waals surface area contributed by atoms with Crippen molar-refractivity contribution in [1.82, 2.24) is 0 Å². The molecule has 0 aromatic heterocycles. The van der Waals surface area contributed by atoms with Crippen LogP contribution in [0.5, 0.6) is 0 Å². The van der Waals surface area contributed by atoms with E-state index in [4.69, 9.17) is 4.10 Å². The fourth-order valence-corrected chi connectivity index (χ4v) is 3.34. The van der Waals surface area contributed by atoms with Crippen LogP contribution in [0.2, 0.25) is 10.4 Å². The Bertz CT molecular complexity index is 131. The van der Waals surface area contributed by atoms with Crippen molar-refractivity contribution in [2.45, 2.75) is 23.8 Å². The summed E-state index contributed by atoms with van der Waals surface area (Å²) < 4.78 is 20.0. The minimum absolute atomic E-state index is 0.312. The number of hydrogen-bond donors (Lipinski definition) is 1. The Morgan fingerprint density at radius 1 is 1.78 bits per heavy atom. The van der Waals surface area contributed by atoms with Crippen molar-refractivity contribution in [2.24, 2.45) is 0 Å². The molecule has 0 aliphatic carbocycles. The topological polar surface area (TPSA) is 37.3 Å².